The minimum Gasteiger partial charge on any atom is -0.464 e. The van der Waals surface area contributed by atoms with E-state index in [9.17, 15) is 9.59 Å². The number of carbonyl (C=O) groups is 2. The molecule has 6 nitrogen and oxygen atoms in total. The third-order valence-corrected chi connectivity index (χ3v) is 6.27. The number of hydrogen-bond donors (Lipinski definition) is 1. The van der Waals surface area contributed by atoms with Gasteiger partial charge in [-0.05, 0) is 36.6 Å². The highest BCUT2D eigenvalue weighted by atomic mass is 32.1. The van der Waals surface area contributed by atoms with Crippen LogP contribution >= 0.6 is 11.3 Å². The summed E-state index contributed by atoms with van der Waals surface area (Å²) in [5, 5.41) is 4.57. The molecule has 0 radical (unpaired) electrons. The van der Waals surface area contributed by atoms with Gasteiger partial charge in [0.05, 0.1) is 21.7 Å². The van der Waals surface area contributed by atoms with Crippen molar-refractivity contribution in [2.24, 2.45) is 5.92 Å². The summed E-state index contributed by atoms with van der Waals surface area (Å²) in [4.78, 5) is 33.5. The molecule has 0 saturated heterocycles. The van der Waals surface area contributed by atoms with Crippen molar-refractivity contribution in [3.8, 4) is 10.4 Å². The summed E-state index contributed by atoms with van der Waals surface area (Å²) in [6.45, 7) is 7.38. The number of thiazole rings is 1. The normalized spacial score (nSPS) is 11.2. The van der Waals surface area contributed by atoms with Gasteiger partial charge in [-0.25, -0.2) is 4.98 Å². The zero-order chi connectivity index (χ0) is 23.4. The summed E-state index contributed by atoms with van der Waals surface area (Å²) in [7, 11) is 0. The van der Waals surface area contributed by atoms with Crippen LogP contribution in [0.5, 0.6) is 0 Å². The summed E-state index contributed by atoms with van der Waals surface area (Å²) >= 11 is 1.52. The maximum absolute atomic E-state index is 13.5. The van der Waals surface area contributed by atoms with Gasteiger partial charge in [-0.3, -0.25) is 9.59 Å². The van der Waals surface area contributed by atoms with E-state index in [1.165, 1.54) is 11.3 Å². The molecule has 0 aliphatic carbocycles. The van der Waals surface area contributed by atoms with Gasteiger partial charge in [-0.2, -0.15) is 0 Å². The highest BCUT2D eigenvalue weighted by molar-refractivity contribution is 7.15. The molecule has 0 bridgehead atoms. The summed E-state index contributed by atoms with van der Waals surface area (Å²) in [6, 6.07) is 17.0. The highest BCUT2D eigenvalue weighted by Gasteiger charge is 2.24. The van der Waals surface area contributed by atoms with Crippen LogP contribution in [0, 0.1) is 12.8 Å². The number of nitrogens with one attached hydrogen (secondary N) is 1. The van der Waals surface area contributed by atoms with Gasteiger partial charge >= 0.3 is 0 Å². The van der Waals surface area contributed by atoms with E-state index in [1.807, 2.05) is 43.3 Å². The van der Waals surface area contributed by atoms with E-state index in [1.54, 1.807) is 29.4 Å². The number of carbonyl (C=O) groups excluding carboxylic acids is 2. The van der Waals surface area contributed by atoms with Crippen LogP contribution in [-0.2, 0) is 0 Å². The van der Waals surface area contributed by atoms with Crippen molar-refractivity contribution in [3.63, 3.8) is 0 Å². The van der Waals surface area contributed by atoms with Gasteiger partial charge in [-0.1, -0.05) is 50.2 Å². The molecular weight excluding hydrogens is 434 g/mol. The number of benzene rings is 2. The van der Waals surface area contributed by atoms with E-state index in [0.29, 0.717) is 36.5 Å². The molecule has 2 heterocycles. The number of fused-ring (bicyclic) bond motifs is 1. The molecule has 0 atom stereocenters. The van der Waals surface area contributed by atoms with Crippen molar-refractivity contribution >= 4 is 34.1 Å². The van der Waals surface area contributed by atoms with Gasteiger partial charge in [0.15, 0.2) is 0 Å². The SMILES string of the molecule is Cc1nc(C(=O)N(CCNC(=O)c2cccc3occc23)CC(C)C)c(-c2ccccc2)s1. The molecule has 0 aliphatic rings. The monoisotopic (exact) mass is 461 g/mol. The maximum atomic E-state index is 13.5. The first kappa shape index (κ1) is 22.7. The Morgan fingerprint density at radius 3 is 2.64 bits per heavy atom. The average Bonchev–Trinajstić information content (AvgIpc) is 3.44. The Bertz CT molecular complexity index is 1260. The Labute approximate surface area is 197 Å². The van der Waals surface area contributed by atoms with Crippen LogP contribution in [-0.4, -0.2) is 41.3 Å². The van der Waals surface area contributed by atoms with E-state index >= 15 is 0 Å². The van der Waals surface area contributed by atoms with Crippen molar-refractivity contribution in [1.29, 1.82) is 0 Å². The van der Waals surface area contributed by atoms with Crippen molar-refractivity contribution in [2.45, 2.75) is 20.8 Å². The molecule has 4 aromatic rings. The maximum Gasteiger partial charge on any atom is 0.274 e. The van der Waals surface area contributed by atoms with Crippen molar-refractivity contribution in [3.05, 3.63) is 77.1 Å². The lowest BCUT2D eigenvalue weighted by molar-refractivity contribution is 0.0725. The molecule has 170 valence electrons. The standard InChI is InChI=1S/C26H27N3O3S/c1-17(2)16-29(14-13-27-25(30)21-10-7-11-22-20(21)12-15-32-22)26(31)23-24(33-18(3)28-23)19-8-5-4-6-9-19/h4-12,15,17H,13-14,16H2,1-3H3,(H,27,30). The predicted molar refractivity (Wildman–Crippen MR) is 132 cm³/mol. The number of aryl methyl sites for hydroxylation is 1. The van der Waals surface area contributed by atoms with Crippen LogP contribution in [0.3, 0.4) is 0 Å². The molecule has 0 unspecified atom stereocenters. The van der Waals surface area contributed by atoms with Gasteiger partial charge in [0.25, 0.3) is 11.8 Å². The van der Waals surface area contributed by atoms with Crippen LogP contribution in [0.1, 0.15) is 39.7 Å². The fourth-order valence-corrected chi connectivity index (χ4v) is 4.73. The minimum absolute atomic E-state index is 0.113. The Morgan fingerprint density at radius 1 is 1.09 bits per heavy atom. The third kappa shape index (κ3) is 5.14. The molecule has 0 spiro atoms. The number of amides is 2. The van der Waals surface area contributed by atoms with Crippen LogP contribution < -0.4 is 5.32 Å². The fourth-order valence-electron chi connectivity index (χ4n) is 3.82. The largest absolute Gasteiger partial charge is 0.464 e. The van der Waals surface area contributed by atoms with Crippen molar-refractivity contribution in [2.75, 3.05) is 19.6 Å². The molecule has 1 N–H and O–H groups in total. The molecule has 4 rings (SSSR count). The minimum atomic E-state index is -0.187. The van der Waals surface area contributed by atoms with E-state index in [-0.39, 0.29) is 17.7 Å². The summed E-state index contributed by atoms with van der Waals surface area (Å²) in [5.41, 5.74) is 2.69. The van der Waals surface area contributed by atoms with E-state index in [2.05, 4.69) is 24.1 Å². The van der Waals surface area contributed by atoms with Gasteiger partial charge in [0, 0.05) is 25.0 Å². The smallest absolute Gasteiger partial charge is 0.274 e. The molecule has 33 heavy (non-hydrogen) atoms. The topological polar surface area (TPSA) is 75.4 Å². The first-order valence-electron chi connectivity index (χ1n) is 11.0. The Morgan fingerprint density at radius 2 is 1.88 bits per heavy atom. The first-order chi connectivity index (χ1) is 15.9. The lowest BCUT2D eigenvalue weighted by Gasteiger charge is -2.24. The van der Waals surface area contributed by atoms with Crippen LogP contribution in [0.25, 0.3) is 21.4 Å². The molecule has 0 fully saturated rings. The quantitative estimate of drug-likeness (QED) is 0.382. The number of aromatic nitrogens is 1. The number of hydrogen-bond acceptors (Lipinski definition) is 5. The molecular formula is C26H27N3O3S. The molecule has 7 heteroatoms. The lowest BCUT2D eigenvalue weighted by Crippen LogP contribution is -2.40. The second kappa shape index (κ2) is 10.0. The third-order valence-electron chi connectivity index (χ3n) is 5.25. The van der Waals surface area contributed by atoms with Crippen LogP contribution in [0.2, 0.25) is 0 Å². The van der Waals surface area contributed by atoms with E-state index in [0.717, 1.165) is 20.8 Å². The molecule has 2 aromatic heterocycles. The van der Waals surface area contributed by atoms with Gasteiger partial charge < -0.3 is 14.6 Å². The zero-order valence-electron chi connectivity index (χ0n) is 19.0. The summed E-state index contributed by atoms with van der Waals surface area (Å²) in [5.74, 6) is -0.0178. The van der Waals surface area contributed by atoms with E-state index in [4.69, 9.17) is 4.42 Å². The second-order valence-corrected chi connectivity index (χ2v) is 9.52. The zero-order valence-corrected chi connectivity index (χ0v) is 19.8. The molecule has 0 saturated carbocycles. The average molecular weight is 462 g/mol. The first-order valence-corrected chi connectivity index (χ1v) is 11.8. The summed E-state index contributed by atoms with van der Waals surface area (Å²) < 4.78 is 5.39. The molecule has 2 amide bonds. The van der Waals surface area contributed by atoms with E-state index < -0.39 is 0 Å². The van der Waals surface area contributed by atoms with Gasteiger partial charge in [-0.15, -0.1) is 11.3 Å². The second-order valence-electron chi connectivity index (χ2n) is 8.32. The van der Waals surface area contributed by atoms with Crippen molar-refractivity contribution in [1.82, 2.24) is 15.2 Å². The Kier molecular flexibility index (Phi) is 6.89. The lowest BCUT2D eigenvalue weighted by atomic mass is 10.1. The number of furan rings is 1. The number of rotatable bonds is 8. The van der Waals surface area contributed by atoms with Crippen LogP contribution in [0.4, 0.5) is 0 Å². The Hall–Kier alpha value is -3.45. The predicted octanol–water partition coefficient (Wildman–Crippen LogP) is 5.39. The number of nitrogens with zero attached hydrogens (tertiary/aromatic N) is 2. The van der Waals surface area contributed by atoms with Crippen molar-refractivity contribution < 1.29 is 14.0 Å². The van der Waals surface area contributed by atoms with Crippen LogP contribution in [0.15, 0.2) is 65.3 Å². The summed E-state index contributed by atoms with van der Waals surface area (Å²) in [6.07, 6.45) is 1.57. The molecule has 0 aliphatic heterocycles. The highest BCUT2D eigenvalue weighted by Crippen LogP contribution is 2.31. The Balaban J connectivity index is 1.49. The van der Waals surface area contributed by atoms with Gasteiger partial charge in [0.1, 0.15) is 11.3 Å². The molecule has 2 aromatic carbocycles. The van der Waals surface area contributed by atoms with Gasteiger partial charge in [0.2, 0.25) is 0 Å². The fraction of sp³-hybridized carbons (Fsp3) is 0.269.